The van der Waals surface area contributed by atoms with Crippen LogP contribution in [0.3, 0.4) is 0 Å². The van der Waals surface area contributed by atoms with Gasteiger partial charge in [0.15, 0.2) is 0 Å². The average Bonchev–Trinajstić information content (AvgIpc) is 3.00. The number of hydrogen-bond donors (Lipinski definition) is 1. The van der Waals surface area contributed by atoms with Crippen molar-refractivity contribution < 1.29 is 9.84 Å². The number of methoxy groups -OCH3 is 1. The molecule has 2 aromatic rings. The molecule has 2 rings (SSSR count). The molecule has 1 N–H and O–H groups in total. The van der Waals surface area contributed by atoms with E-state index < -0.39 is 0 Å². The highest BCUT2D eigenvalue weighted by molar-refractivity contribution is 6.31. The van der Waals surface area contributed by atoms with E-state index in [0.29, 0.717) is 21.8 Å². The van der Waals surface area contributed by atoms with Crippen LogP contribution < -0.4 is 0 Å². The van der Waals surface area contributed by atoms with Gasteiger partial charge < -0.3 is 9.84 Å². The molecule has 150 valence electrons. The van der Waals surface area contributed by atoms with E-state index >= 15 is 0 Å². The molecule has 0 unspecified atom stereocenters. The van der Waals surface area contributed by atoms with Gasteiger partial charge in [0.2, 0.25) is 0 Å². The van der Waals surface area contributed by atoms with Crippen molar-refractivity contribution in [2.45, 2.75) is 48.5 Å². The predicted octanol–water partition coefficient (Wildman–Crippen LogP) is 6.63. The number of hydrogen-bond acceptors (Lipinski definition) is 4. The fourth-order valence-corrected chi connectivity index (χ4v) is 1.71. The van der Waals surface area contributed by atoms with Gasteiger partial charge in [-0.25, -0.2) is 0 Å². The Balaban J connectivity index is 0.000000838. The quantitative estimate of drug-likeness (QED) is 0.468. The molecular weight excluding hydrogens is 362 g/mol. The van der Waals surface area contributed by atoms with Crippen molar-refractivity contribution in [3.8, 4) is 0 Å². The maximum Gasteiger partial charge on any atom is 0.120 e. The molecule has 0 fully saturated rings. The van der Waals surface area contributed by atoms with Crippen molar-refractivity contribution in [3.63, 3.8) is 0 Å². The van der Waals surface area contributed by atoms with Crippen molar-refractivity contribution in [1.82, 2.24) is 15.0 Å². The van der Waals surface area contributed by atoms with Crippen LogP contribution in [0.5, 0.6) is 0 Å². The molecule has 1 heterocycles. The first-order valence-corrected chi connectivity index (χ1v) is 9.27. The first kappa shape index (κ1) is 24.7. The van der Waals surface area contributed by atoms with Gasteiger partial charge in [0.1, 0.15) is 16.8 Å². The van der Waals surface area contributed by atoms with Crippen molar-refractivity contribution in [3.05, 3.63) is 53.0 Å². The molecule has 1 aromatic heterocycles. The molecule has 0 aliphatic rings. The lowest BCUT2D eigenvalue weighted by molar-refractivity contribution is 0.306. The Morgan fingerprint density at radius 1 is 1.15 bits per heavy atom. The molecule has 0 amide bonds. The summed E-state index contributed by atoms with van der Waals surface area (Å²) < 4.78 is 5.17. The largest absolute Gasteiger partial charge is 0.515 e. The molecule has 0 radical (unpaired) electrons. The van der Waals surface area contributed by atoms with Crippen molar-refractivity contribution in [2.24, 2.45) is 5.41 Å². The molecule has 0 spiro atoms. The minimum Gasteiger partial charge on any atom is -0.515 e. The maximum absolute atomic E-state index is 8.86. The fraction of sp³-hybridized carbons (Fsp3) is 0.429. The summed E-state index contributed by atoms with van der Waals surface area (Å²) >= 11 is 5.90. The second-order valence-corrected chi connectivity index (χ2v) is 7.53. The molecule has 5 nitrogen and oxygen atoms in total. The zero-order valence-corrected chi connectivity index (χ0v) is 18.4. The number of fused-ring (bicyclic) bond motifs is 1. The Kier molecular flexibility index (Phi) is 11.2. The number of halogens is 1. The zero-order chi connectivity index (χ0) is 21.0. The van der Waals surface area contributed by atoms with E-state index in [1.54, 1.807) is 50.6 Å². The summed E-state index contributed by atoms with van der Waals surface area (Å²) in [5.74, 6) is 0.576. The molecule has 1 aromatic carbocycles. The molecule has 27 heavy (non-hydrogen) atoms. The summed E-state index contributed by atoms with van der Waals surface area (Å²) in [7, 11) is 1.55. The lowest BCUT2D eigenvalue weighted by Gasteiger charge is -2.05. The minimum absolute atomic E-state index is 0.500. The standard InChI is InChI=1S/C14H14ClN3O2.C5H12.C2H6/c1-10(9-19)7-12(20-2)5-6-18-16-13-4-3-11(15)8-14(13)17-18;1-5(2,3)4;1-2/h3-9,19H,1-2H3;1-4H3;1-2H3/b6-5+,10-9+,12-7+;;. The van der Waals surface area contributed by atoms with E-state index in [1.165, 1.54) is 4.80 Å². The van der Waals surface area contributed by atoms with Crippen LogP contribution in [0.25, 0.3) is 17.2 Å². The molecular formula is C21H32ClN3O2. The maximum atomic E-state index is 8.86. The number of benzene rings is 1. The molecule has 0 saturated carbocycles. The number of rotatable bonds is 4. The highest BCUT2D eigenvalue weighted by Crippen LogP contribution is 2.15. The van der Waals surface area contributed by atoms with E-state index in [9.17, 15) is 0 Å². The Bertz CT molecular complexity index is 778. The van der Waals surface area contributed by atoms with Crippen molar-refractivity contribution in [1.29, 1.82) is 0 Å². The summed E-state index contributed by atoms with van der Waals surface area (Å²) in [6, 6.07) is 5.32. The van der Waals surface area contributed by atoms with Gasteiger partial charge in [-0.05, 0) is 42.2 Å². The molecule has 0 saturated heterocycles. The molecule has 0 bridgehead atoms. The van der Waals surface area contributed by atoms with E-state index in [2.05, 4.69) is 37.9 Å². The number of aliphatic hydroxyl groups is 1. The minimum atomic E-state index is 0.500. The van der Waals surface area contributed by atoms with Gasteiger partial charge in [-0.2, -0.15) is 4.80 Å². The van der Waals surface area contributed by atoms with Crippen LogP contribution in [0.4, 0.5) is 0 Å². The molecule has 0 aliphatic carbocycles. The van der Waals surface area contributed by atoms with E-state index in [4.69, 9.17) is 21.4 Å². The number of nitrogens with zero attached hydrogens (tertiary/aromatic N) is 3. The third kappa shape index (κ3) is 11.1. The van der Waals surface area contributed by atoms with Crippen LogP contribution in [0.2, 0.25) is 5.02 Å². The first-order chi connectivity index (χ1) is 12.6. The van der Waals surface area contributed by atoms with Crippen LogP contribution >= 0.6 is 11.6 Å². The summed E-state index contributed by atoms with van der Waals surface area (Å²) in [5.41, 5.74) is 2.65. The van der Waals surface area contributed by atoms with Gasteiger partial charge in [0, 0.05) is 11.1 Å². The van der Waals surface area contributed by atoms with E-state index in [1.807, 2.05) is 13.8 Å². The van der Waals surface area contributed by atoms with Crippen LogP contribution in [-0.2, 0) is 4.74 Å². The summed E-state index contributed by atoms with van der Waals surface area (Å²) in [5, 5.41) is 18.0. The smallest absolute Gasteiger partial charge is 0.120 e. The zero-order valence-electron chi connectivity index (χ0n) is 17.6. The summed E-state index contributed by atoms with van der Waals surface area (Å²) in [4.78, 5) is 1.44. The highest BCUT2D eigenvalue weighted by Gasteiger charge is 2.01. The average molecular weight is 394 g/mol. The van der Waals surface area contributed by atoms with Gasteiger partial charge in [-0.3, -0.25) is 0 Å². The molecule has 0 aliphatic heterocycles. The normalized spacial score (nSPS) is 12.3. The van der Waals surface area contributed by atoms with Crippen molar-refractivity contribution >= 4 is 28.8 Å². The number of ether oxygens (including phenoxy) is 1. The fourth-order valence-electron chi connectivity index (χ4n) is 1.55. The van der Waals surface area contributed by atoms with E-state index in [-0.39, 0.29) is 0 Å². The van der Waals surface area contributed by atoms with Crippen LogP contribution in [0.1, 0.15) is 48.5 Å². The Labute approximate surface area is 168 Å². The monoisotopic (exact) mass is 393 g/mol. The molecule has 6 heteroatoms. The van der Waals surface area contributed by atoms with Gasteiger partial charge in [0.05, 0.1) is 19.6 Å². The predicted molar refractivity (Wildman–Crippen MR) is 116 cm³/mol. The Morgan fingerprint density at radius 3 is 2.22 bits per heavy atom. The summed E-state index contributed by atoms with van der Waals surface area (Å²) in [6.45, 7) is 14.5. The highest BCUT2D eigenvalue weighted by atomic mass is 35.5. The first-order valence-electron chi connectivity index (χ1n) is 8.89. The molecule has 0 atom stereocenters. The van der Waals surface area contributed by atoms with Gasteiger partial charge in [-0.15, -0.1) is 10.2 Å². The number of allylic oxidation sites excluding steroid dienone is 3. The third-order valence-electron chi connectivity index (χ3n) is 2.54. The number of aliphatic hydroxyl groups excluding tert-OH is 1. The van der Waals surface area contributed by atoms with Crippen LogP contribution in [0.15, 0.2) is 47.9 Å². The third-order valence-corrected chi connectivity index (χ3v) is 2.77. The Morgan fingerprint density at radius 2 is 1.70 bits per heavy atom. The van der Waals surface area contributed by atoms with Gasteiger partial charge in [-0.1, -0.05) is 53.1 Å². The van der Waals surface area contributed by atoms with Gasteiger partial charge >= 0.3 is 0 Å². The second-order valence-electron chi connectivity index (χ2n) is 7.09. The van der Waals surface area contributed by atoms with Crippen molar-refractivity contribution in [2.75, 3.05) is 7.11 Å². The van der Waals surface area contributed by atoms with Crippen LogP contribution in [0, 0.1) is 5.41 Å². The van der Waals surface area contributed by atoms with Gasteiger partial charge in [0.25, 0.3) is 0 Å². The SMILES string of the molecule is CC.CC(C)(C)C.COC(/C=C/n1nc2ccc(Cl)cc2n1)=C/C(C)=C/O. The summed E-state index contributed by atoms with van der Waals surface area (Å²) in [6.07, 6.45) is 6.06. The lowest BCUT2D eigenvalue weighted by Crippen LogP contribution is -1.93. The lowest BCUT2D eigenvalue weighted by atomic mass is 10.0. The second kappa shape index (κ2) is 12.2. The topological polar surface area (TPSA) is 60.2 Å². The Hall–Kier alpha value is -2.27. The van der Waals surface area contributed by atoms with E-state index in [0.717, 1.165) is 17.3 Å². The number of aromatic nitrogens is 3. The van der Waals surface area contributed by atoms with Crippen LogP contribution in [-0.4, -0.2) is 27.2 Å².